The van der Waals surface area contributed by atoms with Gasteiger partial charge in [-0.05, 0) is 33.5 Å². The van der Waals surface area contributed by atoms with Gasteiger partial charge in [0.2, 0.25) is 17.7 Å². The standard InChI is InChI=1S/C24H52N10O3/c1-20(35)33-23(14-26-2)16-28-10-12-30-18-24(15-27-3,19-31-13-11-29-17-23)34-22(37)7-4-6-21(36)32-9-5-8-25/h26-31H,4-19,25H2,1-3H3,(H,32,36)(H,33,35)(H,34,37)/t23-,24+. The molecule has 0 radical (unpaired) electrons. The fourth-order valence-corrected chi connectivity index (χ4v) is 4.54. The SMILES string of the molecule is CNC[C@]1(NC(C)=O)CNCCNC[C@@](CNC)(NC(=O)CCCC(=O)NCCCN)CNCCNC1. The highest BCUT2D eigenvalue weighted by molar-refractivity contribution is 5.79. The molecule has 0 saturated carbocycles. The second-order valence-electron chi connectivity index (χ2n) is 9.90. The molecule has 13 nitrogen and oxygen atoms in total. The number of rotatable bonds is 13. The monoisotopic (exact) mass is 528 g/mol. The zero-order valence-electron chi connectivity index (χ0n) is 23.1. The number of carbonyl (C=O) groups excluding carboxylic acids is 3. The molecule has 11 N–H and O–H groups in total. The van der Waals surface area contributed by atoms with E-state index in [2.05, 4.69) is 47.9 Å². The van der Waals surface area contributed by atoms with E-state index in [4.69, 9.17) is 5.73 Å². The third kappa shape index (κ3) is 14.6. The lowest BCUT2D eigenvalue weighted by Crippen LogP contribution is -2.66. The molecule has 37 heavy (non-hydrogen) atoms. The van der Waals surface area contributed by atoms with Crippen LogP contribution in [0.5, 0.6) is 0 Å². The number of hydrogen-bond acceptors (Lipinski definition) is 10. The molecule has 216 valence electrons. The van der Waals surface area contributed by atoms with Gasteiger partial charge in [-0.3, -0.25) is 14.4 Å². The van der Waals surface area contributed by atoms with Gasteiger partial charge in [-0.2, -0.15) is 0 Å². The lowest BCUT2D eigenvalue weighted by atomic mass is 9.97. The minimum absolute atomic E-state index is 0.0512. The normalized spacial score (nSPS) is 24.0. The molecule has 0 aromatic heterocycles. The smallest absolute Gasteiger partial charge is 0.220 e. The molecule has 0 unspecified atom stereocenters. The van der Waals surface area contributed by atoms with Crippen LogP contribution in [0.3, 0.4) is 0 Å². The number of amides is 3. The Bertz CT molecular complexity index is 649. The van der Waals surface area contributed by atoms with Gasteiger partial charge in [-0.15, -0.1) is 0 Å². The molecule has 0 atom stereocenters. The fourth-order valence-electron chi connectivity index (χ4n) is 4.54. The topological polar surface area (TPSA) is 186 Å². The van der Waals surface area contributed by atoms with Crippen molar-refractivity contribution in [2.75, 3.05) is 92.6 Å². The minimum Gasteiger partial charge on any atom is -0.356 e. The average molecular weight is 529 g/mol. The molecule has 1 aliphatic heterocycles. The van der Waals surface area contributed by atoms with E-state index in [-0.39, 0.29) is 24.1 Å². The first-order valence-electron chi connectivity index (χ1n) is 13.5. The first-order chi connectivity index (χ1) is 17.8. The molecule has 0 aromatic carbocycles. The van der Waals surface area contributed by atoms with E-state index in [0.29, 0.717) is 91.4 Å². The van der Waals surface area contributed by atoms with E-state index in [9.17, 15) is 14.4 Å². The molecule has 1 fully saturated rings. The molecule has 0 bridgehead atoms. The summed E-state index contributed by atoms with van der Waals surface area (Å²) in [5, 5.41) is 29.4. The molecule has 3 amide bonds. The summed E-state index contributed by atoms with van der Waals surface area (Å²) < 4.78 is 0. The Morgan fingerprint density at radius 2 is 1.19 bits per heavy atom. The van der Waals surface area contributed by atoms with Gasteiger partial charge < -0.3 is 53.6 Å². The van der Waals surface area contributed by atoms with E-state index in [1.165, 1.54) is 0 Å². The van der Waals surface area contributed by atoms with Crippen molar-refractivity contribution in [1.29, 1.82) is 0 Å². The Labute approximate surface area is 222 Å². The predicted molar refractivity (Wildman–Crippen MR) is 147 cm³/mol. The maximum absolute atomic E-state index is 12.8. The highest BCUT2D eigenvalue weighted by atomic mass is 16.2. The highest BCUT2D eigenvalue weighted by Crippen LogP contribution is 2.06. The predicted octanol–water partition coefficient (Wildman–Crippen LogP) is -3.84. The van der Waals surface area contributed by atoms with Crippen LogP contribution in [-0.4, -0.2) is 121 Å². The lowest BCUT2D eigenvalue weighted by molar-refractivity contribution is -0.124. The molecule has 0 aromatic rings. The number of hydrogen-bond donors (Lipinski definition) is 10. The average Bonchev–Trinajstić information content (AvgIpc) is 2.83. The third-order valence-corrected chi connectivity index (χ3v) is 6.20. The Morgan fingerprint density at radius 3 is 1.62 bits per heavy atom. The summed E-state index contributed by atoms with van der Waals surface area (Å²) in [6.45, 7) is 9.09. The summed E-state index contributed by atoms with van der Waals surface area (Å²) in [7, 11) is 3.75. The van der Waals surface area contributed by atoms with Gasteiger partial charge in [0, 0.05) is 91.8 Å². The Kier molecular flexibility index (Phi) is 17.2. The highest BCUT2D eigenvalue weighted by Gasteiger charge is 2.32. The third-order valence-electron chi connectivity index (χ3n) is 6.20. The molecule has 0 aliphatic carbocycles. The molecule has 0 spiro atoms. The molecule has 13 heteroatoms. The van der Waals surface area contributed by atoms with Crippen LogP contribution in [0.15, 0.2) is 0 Å². The van der Waals surface area contributed by atoms with Crippen molar-refractivity contribution < 1.29 is 14.4 Å². The summed E-state index contributed by atoms with van der Waals surface area (Å²) in [4.78, 5) is 36.6. The Morgan fingerprint density at radius 1 is 0.730 bits per heavy atom. The molecule has 1 aliphatic rings. The molecule has 1 heterocycles. The maximum atomic E-state index is 12.8. The second kappa shape index (κ2) is 19.2. The number of nitrogens with two attached hydrogens (primary N) is 1. The summed E-state index contributed by atoms with van der Waals surface area (Å²) in [6.07, 6.45) is 1.84. The van der Waals surface area contributed by atoms with E-state index < -0.39 is 11.1 Å². The largest absolute Gasteiger partial charge is 0.356 e. The van der Waals surface area contributed by atoms with Crippen LogP contribution in [0.1, 0.15) is 32.6 Å². The van der Waals surface area contributed by atoms with Crippen molar-refractivity contribution in [3.05, 3.63) is 0 Å². The van der Waals surface area contributed by atoms with Gasteiger partial charge in [-0.1, -0.05) is 0 Å². The molecular weight excluding hydrogens is 476 g/mol. The Hall–Kier alpha value is -1.87. The minimum atomic E-state index is -0.522. The number of likely N-dealkylation sites (N-methyl/N-ethyl adjacent to an activating group) is 2. The van der Waals surface area contributed by atoms with Crippen molar-refractivity contribution >= 4 is 17.7 Å². The zero-order valence-corrected chi connectivity index (χ0v) is 23.1. The van der Waals surface area contributed by atoms with E-state index in [1.807, 2.05) is 14.1 Å². The summed E-state index contributed by atoms with van der Waals surface area (Å²) in [5.74, 6) is -0.182. The van der Waals surface area contributed by atoms with E-state index in [1.54, 1.807) is 6.92 Å². The van der Waals surface area contributed by atoms with Gasteiger partial charge >= 0.3 is 0 Å². The van der Waals surface area contributed by atoms with Crippen LogP contribution in [0, 0.1) is 0 Å². The van der Waals surface area contributed by atoms with Crippen molar-refractivity contribution in [2.24, 2.45) is 5.73 Å². The zero-order chi connectivity index (χ0) is 27.4. The fraction of sp³-hybridized carbons (Fsp3) is 0.875. The van der Waals surface area contributed by atoms with Gasteiger partial charge in [0.15, 0.2) is 0 Å². The van der Waals surface area contributed by atoms with Crippen LogP contribution in [0.2, 0.25) is 0 Å². The van der Waals surface area contributed by atoms with Crippen LogP contribution in [-0.2, 0) is 14.4 Å². The lowest BCUT2D eigenvalue weighted by Gasteiger charge is -2.37. The van der Waals surface area contributed by atoms with Crippen molar-refractivity contribution in [1.82, 2.24) is 47.9 Å². The first-order valence-corrected chi connectivity index (χ1v) is 13.5. The van der Waals surface area contributed by atoms with Gasteiger partial charge in [0.25, 0.3) is 0 Å². The number of nitrogens with one attached hydrogen (secondary N) is 9. The van der Waals surface area contributed by atoms with E-state index in [0.717, 1.165) is 6.42 Å². The molecule has 1 rings (SSSR count). The van der Waals surface area contributed by atoms with Crippen molar-refractivity contribution in [3.8, 4) is 0 Å². The summed E-state index contributed by atoms with van der Waals surface area (Å²) in [6, 6.07) is 0. The van der Waals surface area contributed by atoms with E-state index >= 15 is 0 Å². The van der Waals surface area contributed by atoms with Crippen LogP contribution < -0.4 is 53.6 Å². The van der Waals surface area contributed by atoms with Crippen LogP contribution in [0.4, 0.5) is 0 Å². The number of carbonyl (C=O) groups is 3. The van der Waals surface area contributed by atoms with Crippen molar-refractivity contribution in [2.45, 2.75) is 43.7 Å². The molecule has 1 saturated heterocycles. The van der Waals surface area contributed by atoms with Crippen LogP contribution in [0.25, 0.3) is 0 Å². The van der Waals surface area contributed by atoms with Gasteiger partial charge in [0.05, 0.1) is 11.1 Å². The maximum Gasteiger partial charge on any atom is 0.220 e. The van der Waals surface area contributed by atoms with Gasteiger partial charge in [-0.25, -0.2) is 0 Å². The molecular formula is C24H52N10O3. The summed E-state index contributed by atoms with van der Waals surface area (Å²) in [5.41, 5.74) is 4.49. The van der Waals surface area contributed by atoms with Crippen molar-refractivity contribution in [3.63, 3.8) is 0 Å². The first kappa shape index (κ1) is 33.2. The Balaban J connectivity index is 2.69. The quantitative estimate of drug-likeness (QED) is 0.106. The summed E-state index contributed by atoms with van der Waals surface area (Å²) >= 11 is 0. The van der Waals surface area contributed by atoms with Crippen LogP contribution >= 0.6 is 0 Å². The van der Waals surface area contributed by atoms with Gasteiger partial charge in [0.1, 0.15) is 0 Å². The second-order valence-corrected chi connectivity index (χ2v) is 9.90.